The molecule has 0 radical (unpaired) electrons. The van der Waals surface area contributed by atoms with Crippen molar-refractivity contribution in [1.29, 1.82) is 0 Å². The molecule has 1 nitrogen and oxygen atoms in total. The lowest BCUT2D eigenvalue weighted by molar-refractivity contribution is 0.197. The third-order valence-electron chi connectivity index (χ3n) is 2.10. The molecule has 1 rings (SSSR count). The van der Waals surface area contributed by atoms with Crippen molar-refractivity contribution in [2.24, 2.45) is 0 Å². The van der Waals surface area contributed by atoms with Crippen molar-refractivity contribution in [2.75, 3.05) is 6.61 Å². The summed E-state index contributed by atoms with van der Waals surface area (Å²) in [7, 11) is 0. The Morgan fingerprint density at radius 2 is 2.17 bits per heavy atom. The lowest BCUT2D eigenvalue weighted by Crippen LogP contribution is -1.98. The van der Waals surface area contributed by atoms with Crippen molar-refractivity contribution in [3.63, 3.8) is 0 Å². The van der Waals surface area contributed by atoms with Crippen LogP contribution < -0.4 is 0 Å². The molecule has 68 valence electrons. The van der Waals surface area contributed by atoms with Crippen molar-refractivity contribution in [2.45, 2.75) is 39.5 Å². The quantitative estimate of drug-likeness (QED) is 0.581. The summed E-state index contributed by atoms with van der Waals surface area (Å²) < 4.78 is 5.59. The lowest BCUT2D eigenvalue weighted by atomic mass is 10.1. The number of allylic oxidation sites excluding steroid dienone is 4. The molecule has 1 aliphatic carbocycles. The van der Waals surface area contributed by atoms with Gasteiger partial charge in [-0.05, 0) is 25.8 Å². The molecule has 0 aromatic carbocycles. The molecule has 0 aliphatic heterocycles. The van der Waals surface area contributed by atoms with Crippen LogP contribution >= 0.6 is 0 Å². The van der Waals surface area contributed by atoms with Crippen LogP contribution in [0.3, 0.4) is 0 Å². The first-order valence-corrected chi connectivity index (χ1v) is 4.82. The summed E-state index contributed by atoms with van der Waals surface area (Å²) in [5.41, 5.74) is 1.46. The first-order chi connectivity index (χ1) is 5.83. The zero-order valence-corrected chi connectivity index (χ0v) is 8.10. The summed E-state index contributed by atoms with van der Waals surface area (Å²) in [5.74, 6) is 1.16. The van der Waals surface area contributed by atoms with Crippen LogP contribution in [0.5, 0.6) is 0 Å². The van der Waals surface area contributed by atoms with E-state index < -0.39 is 0 Å². The predicted octanol–water partition coefficient (Wildman–Crippen LogP) is 3.43. The maximum Gasteiger partial charge on any atom is 0.0962 e. The highest BCUT2D eigenvalue weighted by molar-refractivity contribution is 5.19. The summed E-state index contributed by atoms with van der Waals surface area (Å²) in [5, 5.41) is 0. The Bertz CT molecular complexity index is 189. The normalized spacial score (nSPS) is 16.8. The van der Waals surface area contributed by atoms with Crippen LogP contribution in [0.15, 0.2) is 23.5 Å². The summed E-state index contributed by atoms with van der Waals surface area (Å²) in [6, 6.07) is 0. The molecule has 0 aromatic heterocycles. The Morgan fingerprint density at radius 1 is 1.33 bits per heavy atom. The third kappa shape index (κ3) is 3.12. The fourth-order valence-corrected chi connectivity index (χ4v) is 1.19. The van der Waals surface area contributed by atoms with Gasteiger partial charge in [-0.15, -0.1) is 0 Å². The fourth-order valence-electron chi connectivity index (χ4n) is 1.19. The summed E-state index contributed by atoms with van der Waals surface area (Å²) in [6.07, 6.45) is 8.89. The van der Waals surface area contributed by atoms with Crippen LogP contribution in [0.25, 0.3) is 0 Å². The molecule has 0 saturated carbocycles. The minimum absolute atomic E-state index is 0.884. The zero-order chi connectivity index (χ0) is 8.81. The topological polar surface area (TPSA) is 9.23 Å². The summed E-state index contributed by atoms with van der Waals surface area (Å²) >= 11 is 0. The predicted molar refractivity (Wildman–Crippen MR) is 51.9 cm³/mol. The minimum Gasteiger partial charge on any atom is -0.498 e. The van der Waals surface area contributed by atoms with Crippen molar-refractivity contribution in [3.8, 4) is 0 Å². The third-order valence-corrected chi connectivity index (χ3v) is 2.10. The van der Waals surface area contributed by atoms with E-state index in [-0.39, 0.29) is 0 Å². The van der Waals surface area contributed by atoms with E-state index in [9.17, 15) is 0 Å². The molecule has 0 unspecified atom stereocenters. The van der Waals surface area contributed by atoms with Gasteiger partial charge >= 0.3 is 0 Å². The van der Waals surface area contributed by atoms with Crippen molar-refractivity contribution < 1.29 is 4.74 Å². The van der Waals surface area contributed by atoms with Crippen LogP contribution in [-0.2, 0) is 4.74 Å². The number of rotatable bonds is 4. The van der Waals surface area contributed by atoms with Crippen molar-refractivity contribution >= 4 is 0 Å². The van der Waals surface area contributed by atoms with E-state index in [4.69, 9.17) is 4.74 Å². The van der Waals surface area contributed by atoms with Gasteiger partial charge in [0.2, 0.25) is 0 Å². The Kier molecular flexibility index (Phi) is 3.92. The molecule has 0 spiro atoms. The van der Waals surface area contributed by atoms with Crippen LogP contribution in [0.4, 0.5) is 0 Å². The average molecular weight is 166 g/mol. The van der Waals surface area contributed by atoms with Crippen LogP contribution in [0.1, 0.15) is 39.5 Å². The number of unbranched alkanes of at least 4 members (excludes halogenated alkanes) is 1. The van der Waals surface area contributed by atoms with Crippen LogP contribution in [0, 0.1) is 0 Å². The lowest BCUT2D eigenvalue weighted by Gasteiger charge is -2.13. The fraction of sp³-hybridized carbons (Fsp3) is 0.636. The van der Waals surface area contributed by atoms with Crippen LogP contribution in [-0.4, -0.2) is 6.61 Å². The second kappa shape index (κ2) is 5.02. The molecule has 12 heavy (non-hydrogen) atoms. The van der Waals surface area contributed by atoms with Gasteiger partial charge in [0.05, 0.1) is 12.4 Å². The first-order valence-electron chi connectivity index (χ1n) is 4.82. The van der Waals surface area contributed by atoms with E-state index in [1.165, 1.54) is 18.4 Å². The number of ether oxygens (including phenoxy) is 1. The highest BCUT2D eigenvalue weighted by Crippen LogP contribution is 2.18. The van der Waals surface area contributed by atoms with E-state index in [1.807, 2.05) is 0 Å². The van der Waals surface area contributed by atoms with Gasteiger partial charge in [0.25, 0.3) is 0 Å². The minimum atomic E-state index is 0.884. The molecule has 0 bridgehead atoms. The van der Waals surface area contributed by atoms with Gasteiger partial charge < -0.3 is 4.74 Å². The SMILES string of the molecule is CCCCOC1=CC=C(C)CC1. The second-order valence-electron chi connectivity index (χ2n) is 3.35. The van der Waals surface area contributed by atoms with Gasteiger partial charge in [-0.1, -0.05) is 25.0 Å². The van der Waals surface area contributed by atoms with Gasteiger partial charge in [-0.25, -0.2) is 0 Å². The zero-order valence-electron chi connectivity index (χ0n) is 8.10. The highest BCUT2D eigenvalue weighted by atomic mass is 16.5. The van der Waals surface area contributed by atoms with Gasteiger partial charge in [0, 0.05) is 6.42 Å². The smallest absolute Gasteiger partial charge is 0.0962 e. The molecule has 0 aromatic rings. The van der Waals surface area contributed by atoms with E-state index >= 15 is 0 Å². The van der Waals surface area contributed by atoms with Gasteiger partial charge in [-0.2, -0.15) is 0 Å². The molecule has 0 saturated heterocycles. The Morgan fingerprint density at radius 3 is 2.75 bits per heavy atom. The molecule has 1 heteroatoms. The van der Waals surface area contributed by atoms with Gasteiger partial charge in [-0.3, -0.25) is 0 Å². The average Bonchev–Trinajstić information content (AvgIpc) is 2.09. The summed E-state index contributed by atoms with van der Waals surface area (Å²) in [6.45, 7) is 5.23. The highest BCUT2D eigenvalue weighted by Gasteiger charge is 2.02. The Labute approximate surface area is 75.1 Å². The molecule has 0 atom stereocenters. The van der Waals surface area contributed by atoms with E-state index in [0.29, 0.717) is 0 Å². The largest absolute Gasteiger partial charge is 0.498 e. The van der Waals surface area contributed by atoms with E-state index in [0.717, 1.165) is 25.2 Å². The summed E-state index contributed by atoms with van der Waals surface area (Å²) in [4.78, 5) is 0. The molecular formula is C11H18O. The molecule has 0 amide bonds. The Hall–Kier alpha value is -0.720. The first kappa shape index (κ1) is 9.37. The monoisotopic (exact) mass is 166 g/mol. The number of hydrogen-bond donors (Lipinski definition) is 0. The molecular weight excluding hydrogens is 148 g/mol. The Balaban J connectivity index is 2.24. The van der Waals surface area contributed by atoms with Crippen LogP contribution in [0.2, 0.25) is 0 Å². The maximum atomic E-state index is 5.59. The van der Waals surface area contributed by atoms with Crippen molar-refractivity contribution in [3.05, 3.63) is 23.5 Å². The molecule has 0 fully saturated rings. The van der Waals surface area contributed by atoms with E-state index in [1.54, 1.807) is 0 Å². The molecule has 1 aliphatic rings. The second-order valence-corrected chi connectivity index (χ2v) is 3.35. The number of hydrogen-bond acceptors (Lipinski definition) is 1. The van der Waals surface area contributed by atoms with Gasteiger partial charge in [0.15, 0.2) is 0 Å². The molecule has 0 heterocycles. The van der Waals surface area contributed by atoms with E-state index in [2.05, 4.69) is 26.0 Å². The standard InChI is InChI=1S/C11H18O/c1-3-4-9-12-11-7-5-10(2)6-8-11/h5,7H,3-4,6,8-9H2,1-2H3. The van der Waals surface area contributed by atoms with Gasteiger partial charge in [0.1, 0.15) is 0 Å². The van der Waals surface area contributed by atoms with Crippen molar-refractivity contribution in [1.82, 2.24) is 0 Å². The molecule has 0 N–H and O–H groups in total. The maximum absolute atomic E-state index is 5.59.